The van der Waals surface area contributed by atoms with Crippen molar-refractivity contribution in [1.29, 1.82) is 0 Å². The molecule has 6 nitrogen and oxygen atoms in total. The maximum absolute atomic E-state index is 5.40. The molecule has 0 aliphatic heterocycles. The van der Waals surface area contributed by atoms with Gasteiger partial charge in [0.25, 0.3) is 0 Å². The van der Waals surface area contributed by atoms with E-state index in [1.807, 2.05) is 0 Å². The molecule has 18 heavy (non-hydrogen) atoms. The van der Waals surface area contributed by atoms with E-state index in [0.717, 1.165) is 25.2 Å². The van der Waals surface area contributed by atoms with Crippen LogP contribution in [0.4, 0.5) is 0 Å². The molecule has 0 spiro atoms. The highest BCUT2D eigenvalue weighted by molar-refractivity contribution is 8.13. The highest BCUT2D eigenvalue weighted by atomic mass is 32.2. The highest BCUT2D eigenvalue weighted by Crippen LogP contribution is 1.97. The van der Waals surface area contributed by atoms with Crippen LogP contribution in [-0.2, 0) is 14.2 Å². The first-order valence-corrected chi connectivity index (χ1v) is 7.19. The van der Waals surface area contributed by atoms with Crippen LogP contribution in [0.5, 0.6) is 0 Å². The number of thioether (sulfide) groups is 1. The van der Waals surface area contributed by atoms with E-state index in [-0.39, 0.29) is 0 Å². The van der Waals surface area contributed by atoms with Gasteiger partial charge in [-0.05, 0) is 6.42 Å². The van der Waals surface area contributed by atoms with Crippen LogP contribution in [-0.4, -0.2) is 50.6 Å². The van der Waals surface area contributed by atoms with E-state index in [1.165, 1.54) is 11.8 Å². The maximum atomic E-state index is 5.40. The van der Waals surface area contributed by atoms with E-state index in [1.54, 1.807) is 0 Å². The van der Waals surface area contributed by atoms with Crippen LogP contribution in [0.3, 0.4) is 0 Å². The lowest BCUT2D eigenvalue weighted by molar-refractivity contribution is 0.0169. The Hall–Kier alpha value is -0.500. The summed E-state index contributed by atoms with van der Waals surface area (Å²) in [5, 5.41) is 3.71. The van der Waals surface area contributed by atoms with Gasteiger partial charge in [-0.3, -0.25) is 0 Å². The van der Waals surface area contributed by atoms with Crippen molar-refractivity contribution in [3.63, 3.8) is 0 Å². The molecule has 0 saturated heterocycles. The molecule has 4 N–H and O–H groups in total. The first-order valence-electron chi connectivity index (χ1n) is 6.20. The summed E-state index contributed by atoms with van der Waals surface area (Å²) in [5.41, 5.74) is 5.40. The number of hydrazone groups is 1. The lowest BCUT2D eigenvalue weighted by Gasteiger charge is -2.06. The molecule has 0 amide bonds. The first kappa shape index (κ1) is 17.5. The zero-order valence-electron chi connectivity index (χ0n) is 11.1. The third-order valence-electron chi connectivity index (χ3n) is 1.99. The quantitative estimate of drug-likeness (QED) is 0.180. The molecule has 0 aromatic heterocycles. The average molecular weight is 279 g/mol. The molecule has 0 heterocycles. The van der Waals surface area contributed by atoms with E-state index in [4.69, 9.17) is 25.8 Å². The van der Waals surface area contributed by atoms with Crippen molar-refractivity contribution < 1.29 is 14.2 Å². The van der Waals surface area contributed by atoms with Crippen LogP contribution < -0.4 is 11.6 Å². The second kappa shape index (κ2) is 14.6. The summed E-state index contributed by atoms with van der Waals surface area (Å²) >= 11 is 1.37. The first-order chi connectivity index (χ1) is 8.81. The van der Waals surface area contributed by atoms with Gasteiger partial charge < -0.3 is 25.8 Å². The zero-order chi connectivity index (χ0) is 13.5. The zero-order valence-corrected chi connectivity index (χ0v) is 11.9. The Kier molecular flexibility index (Phi) is 14.2. The average Bonchev–Trinajstić information content (AvgIpc) is 2.39. The minimum Gasteiger partial charge on any atom is -0.379 e. The van der Waals surface area contributed by atoms with Gasteiger partial charge in [-0.15, -0.1) is 0 Å². The van der Waals surface area contributed by atoms with Crippen LogP contribution in [0, 0.1) is 0 Å². The number of unbranched alkanes of at least 4 members (excludes halogenated alkanes) is 1. The summed E-state index contributed by atoms with van der Waals surface area (Å²) in [7, 11) is 0. The number of nitrogens with two attached hydrogens (primary N) is 2. The standard InChI is InChI=1S/C11H25N3O3S/c1-2-3-4-15-5-6-16-7-8-17-9-10-18-11(12)14-13/h2-10,13H2,1H3,(H2,12,14). The van der Waals surface area contributed by atoms with E-state index in [9.17, 15) is 0 Å². The molecule has 7 heteroatoms. The van der Waals surface area contributed by atoms with Gasteiger partial charge in [0.15, 0.2) is 5.17 Å². The van der Waals surface area contributed by atoms with Crippen LogP contribution in [0.25, 0.3) is 0 Å². The Labute approximate surface area is 113 Å². The van der Waals surface area contributed by atoms with Gasteiger partial charge in [-0.1, -0.05) is 25.1 Å². The molecule has 0 radical (unpaired) electrons. The summed E-state index contributed by atoms with van der Waals surface area (Å²) in [5.74, 6) is 5.72. The summed E-state index contributed by atoms with van der Waals surface area (Å²) in [6.45, 7) is 6.00. The van der Waals surface area contributed by atoms with Gasteiger partial charge in [-0.25, -0.2) is 0 Å². The van der Waals surface area contributed by atoms with Gasteiger partial charge in [0.05, 0.1) is 33.0 Å². The maximum Gasteiger partial charge on any atom is 0.177 e. The van der Waals surface area contributed by atoms with Gasteiger partial charge in [0.1, 0.15) is 0 Å². The SMILES string of the molecule is CCCCOCCOCCOCCSC(N)=NN. The fourth-order valence-electron chi connectivity index (χ4n) is 1.03. The summed E-state index contributed by atoms with van der Waals surface area (Å²) in [4.78, 5) is 0. The van der Waals surface area contributed by atoms with Gasteiger partial charge in [-0.2, -0.15) is 5.10 Å². The fourth-order valence-corrected chi connectivity index (χ4v) is 1.52. The molecular formula is C11H25N3O3S. The van der Waals surface area contributed by atoms with Crippen molar-refractivity contribution in [3.8, 4) is 0 Å². The fraction of sp³-hybridized carbons (Fsp3) is 0.909. The van der Waals surface area contributed by atoms with E-state index < -0.39 is 0 Å². The van der Waals surface area contributed by atoms with E-state index in [0.29, 0.717) is 38.2 Å². The Balaban J connectivity index is 2.99. The Bertz CT molecular complexity index is 206. The van der Waals surface area contributed by atoms with Crippen LogP contribution >= 0.6 is 11.8 Å². The number of hydrogen-bond donors (Lipinski definition) is 2. The number of ether oxygens (including phenoxy) is 3. The largest absolute Gasteiger partial charge is 0.379 e. The molecule has 0 fully saturated rings. The summed E-state index contributed by atoms with van der Waals surface area (Å²) < 4.78 is 16.0. The Morgan fingerprint density at radius 1 is 1.00 bits per heavy atom. The van der Waals surface area contributed by atoms with E-state index in [2.05, 4.69) is 12.0 Å². The summed E-state index contributed by atoms with van der Waals surface area (Å²) in [6, 6.07) is 0. The summed E-state index contributed by atoms with van der Waals surface area (Å²) in [6.07, 6.45) is 2.27. The monoisotopic (exact) mass is 279 g/mol. The Morgan fingerprint density at radius 3 is 2.11 bits per heavy atom. The van der Waals surface area contributed by atoms with Crippen LogP contribution in [0.15, 0.2) is 5.10 Å². The second-order valence-electron chi connectivity index (χ2n) is 3.51. The van der Waals surface area contributed by atoms with Crippen LogP contribution in [0.2, 0.25) is 0 Å². The predicted octanol–water partition coefficient (Wildman–Crippen LogP) is 0.758. The Morgan fingerprint density at radius 2 is 1.56 bits per heavy atom. The number of rotatable bonds is 12. The third-order valence-corrected chi connectivity index (χ3v) is 2.76. The lowest BCUT2D eigenvalue weighted by Crippen LogP contribution is -2.13. The molecule has 0 bridgehead atoms. The van der Waals surface area contributed by atoms with Crippen LogP contribution in [0.1, 0.15) is 19.8 Å². The van der Waals surface area contributed by atoms with Crippen molar-refractivity contribution in [2.24, 2.45) is 16.7 Å². The molecule has 0 atom stereocenters. The molecule has 0 unspecified atom stereocenters. The van der Waals surface area contributed by atoms with Gasteiger partial charge in [0, 0.05) is 12.4 Å². The third kappa shape index (κ3) is 13.6. The minimum atomic E-state index is 0.374. The molecular weight excluding hydrogens is 254 g/mol. The second-order valence-corrected chi connectivity index (χ2v) is 4.62. The molecule has 0 rings (SSSR count). The lowest BCUT2D eigenvalue weighted by atomic mass is 10.4. The van der Waals surface area contributed by atoms with E-state index >= 15 is 0 Å². The highest BCUT2D eigenvalue weighted by Gasteiger charge is 1.94. The molecule has 0 aliphatic carbocycles. The molecule has 0 saturated carbocycles. The molecule has 0 aromatic rings. The van der Waals surface area contributed by atoms with Crippen molar-refractivity contribution in [3.05, 3.63) is 0 Å². The van der Waals surface area contributed by atoms with Crippen molar-refractivity contribution >= 4 is 16.9 Å². The number of amidine groups is 1. The minimum absolute atomic E-state index is 0.374. The number of nitrogens with zero attached hydrogens (tertiary/aromatic N) is 1. The molecule has 0 aliphatic rings. The normalized spacial score (nSPS) is 11.9. The smallest absolute Gasteiger partial charge is 0.177 e. The van der Waals surface area contributed by atoms with Gasteiger partial charge >= 0.3 is 0 Å². The van der Waals surface area contributed by atoms with Crippen molar-refractivity contribution in [2.45, 2.75) is 19.8 Å². The topological polar surface area (TPSA) is 92.1 Å². The number of hydrogen-bond acceptors (Lipinski definition) is 6. The van der Waals surface area contributed by atoms with Gasteiger partial charge in [0.2, 0.25) is 0 Å². The molecule has 0 aromatic carbocycles. The molecule has 108 valence electrons. The van der Waals surface area contributed by atoms with Crippen molar-refractivity contribution in [2.75, 3.05) is 45.4 Å². The van der Waals surface area contributed by atoms with Crippen molar-refractivity contribution in [1.82, 2.24) is 0 Å². The predicted molar refractivity (Wildman–Crippen MR) is 75.6 cm³/mol.